The number of pyridine rings is 1. The van der Waals surface area contributed by atoms with Crippen LogP contribution in [0.25, 0.3) is 11.2 Å². The van der Waals surface area contributed by atoms with Crippen molar-refractivity contribution in [1.82, 2.24) is 20.0 Å². The van der Waals surface area contributed by atoms with Gasteiger partial charge in [0.05, 0.1) is 7.11 Å². The number of ether oxygens (including phenoxy) is 2. The third kappa shape index (κ3) is 6.91. The van der Waals surface area contributed by atoms with Gasteiger partial charge >= 0.3 is 0 Å². The first-order valence-electron chi connectivity index (χ1n) is 19.4. The molecule has 0 radical (unpaired) electrons. The average molecular weight is 835 g/mol. The van der Waals surface area contributed by atoms with Crippen LogP contribution in [0.4, 0.5) is 5.82 Å². The standard InChI is InChI=1S/C51H40BrN5O2/c1-58-45-34-44(52)33-32-37(45)36-59-46-35-47(54-50(38-20-8-2-9-21-38,39-22-10-3-11-23-39)40-24-12-4-13-25-40)53-49-48(46)55-56-57(49)51(41-26-14-5-15-27-41,42-28-16-6-17-29-42)43-30-18-7-19-31-43/h2-35H,36H2,1H3,(H,53,54). The minimum Gasteiger partial charge on any atom is -0.496 e. The number of hydrogen-bond donors (Lipinski definition) is 1. The van der Waals surface area contributed by atoms with E-state index in [2.05, 4.69) is 167 Å². The molecule has 0 saturated carbocycles. The van der Waals surface area contributed by atoms with Gasteiger partial charge in [-0.2, -0.15) is 0 Å². The summed E-state index contributed by atoms with van der Waals surface area (Å²) in [6, 6.07) is 70.6. The number of halogens is 1. The lowest BCUT2D eigenvalue weighted by molar-refractivity contribution is 0.299. The summed E-state index contributed by atoms with van der Waals surface area (Å²) in [7, 11) is 1.66. The second-order valence-corrected chi connectivity index (χ2v) is 15.1. The number of hydrogen-bond acceptors (Lipinski definition) is 6. The minimum atomic E-state index is -0.980. The van der Waals surface area contributed by atoms with E-state index < -0.39 is 11.1 Å². The van der Waals surface area contributed by atoms with Crippen LogP contribution in [0.5, 0.6) is 11.5 Å². The highest BCUT2D eigenvalue weighted by Gasteiger charge is 2.42. The van der Waals surface area contributed by atoms with Crippen LogP contribution in [0.1, 0.15) is 38.9 Å². The molecule has 9 rings (SSSR count). The van der Waals surface area contributed by atoms with Gasteiger partial charge < -0.3 is 14.8 Å². The Morgan fingerprint density at radius 2 is 0.983 bits per heavy atom. The van der Waals surface area contributed by atoms with Gasteiger partial charge in [-0.05, 0) is 45.5 Å². The van der Waals surface area contributed by atoms with E-state index in [4.69, 9.17) is 24.8 Å². The predicted octanol–water partition coefficient (Wildman–Crippen LogP) is 11.4. The Kier molecular flexibility index (Phi) is 10.5. The SMILES string of the molecule is COc1cc(Br)ccc1COc1cc(NC(c2ccccc2)(c2ccccc2)c2ccccc2)nc2c1nnn2C(c1ccccc1)(c1ccccc1)c1ccccc1. The molecule has 2 aromatic heterocycles. The van der Waals surface area contributed by atoms with Gasteiger partial charge in [0.2, 0.25) is 0 Å². The van der Waals surface area contributed by atoms with Crippen molar-refractivity contribution in [3.8, 4) is 11.5 Å². The lowest BCUT2D eigenvalue weighted by Crippen LogP contribution is -2.39. The number of benzene rings is 7. The molecule has 0 aliphatic rings. The fourth-order valence-electron chi connectivity index (χ4n) is 8.15. The first-order chi connectivity index (χ1) is 29.1. The quantitative estimate of drug-likeness (QED) is 0.117. The molecule has 0 spiro atoms. The number of nitrogens with one attached hydrogen (secondary N) is 1. The Morgan fingerprint density at radius 3 is 1.42 bits per heavy atom. The molecule has 8 heteroatoms. The molecule has 1 N–H and O–H groups in total. The molecule has 0 aliphatic carbocycles. The van der Waals surface area contributed by atoms with Crippen molar-refractivity contribution in [1.29, 1.82) is 0 Å². The maximum absolute atomic E-state index is 6.81. The molecule has 9 aromatic rings. The lowest BCUT2D eigenvalue weighted by Gasteiger charge is -2.38. The summed E-state index contributed by atoms with van der Waals surface area (Å²) >= 11 is 3.58. The average Bonchev–Trinajstić information content (AvgIpc) is 3.74. The van der Waals surface area contributed by atoms with Crippen LogP contribution in [0, 0.1) is 0 Å². The van der Waals surface area contributed by atoms with E-state index in [1.165, 1.54) is 0 Å². The Balaban J connectivity index is 1.34. The van der Waals surface area contributed by atoms with Crippen molar-refractivity contribution in [2.45, 2.75) is 17.7 Å². The maximum atomic E-state index is 6.81. The second-order valence-electron chi connectivity index (χ2n) is 14.2. The third-order valence-electron chi connectivity index (χ3n) is 10.8. The molecule has 7 aromatic carbocycles. The fourth-order valence-corrected chi connectivity index (χ4v) is 8.49. The van der Waals surface area contributed by atoms with E-state index in [0.29, 0.717) is 28.5 Å². The topological polar surface area (TPSA) is 74.1 Å². The van der Waals surface area contributed by atoms with E-state index in [-0.39, 0.29) is 6.61 Å². The van der Waals surface area contributed by atoms with Crippen molar-refractivity contribution in [2.75, 3.05) is 12.4 Å². The molecule has 0 aliphatic heterocycles. The first-order valence-corrected chi connectivity index (χ1v) is 20.2. The van der Waals surface area contributed by atoms with Crippen LogP contribution in [-0.4, -0.2) is 27.1 Å². The van der Waals surface area contributed by atoms with Gasteiger partial charge in [0.1, 0.15) is 29.3 Å². The van der Waals surface area contributed by atoms with E-state index in [1.807, 2.05) is 65.3 Å². The Bertz CT molecular complexity index is 2590. The molecule has 0 fully saturated rings. The highest BCUT2D eigenvalue weighted by atomic mass is 79.9. The Morgan fingerprint density at radius 1 is 0.542 bits per heavy atom. The Labute approximate surface area is 352 Å². The normalized spacial score (nSPS) is 11.6. The van der Waals surface area contributed by atoms with Gasteiger partial charge in [-0.15, -0.1) is 5.10 Å². The monoisotopic (exact) mass is 833 g/mol. The van der Waals surface area contributed by atoms with Crippen LogP contribution >= 0.6 is 15.9 Å². The Hall–Kier alpha value is -7.03. The molecular formula is C51H40BrN5O2. The molecular weight excluding hydrogens is 794 g/mol. The van der Waals surface area contributed by atoms with Crippen molar-refractivity contribution in [3.05, 3.63) is 250 Å². The summed E-state index contributed by atoms with van der Waals surface area (Å²) in [6.07, 6.45) is 0. The van der Waals surface area contributed by atoms with Crippen LogP contribution in [0.15, 0.2) is 211 Å². The van der Waals surface area contributed by atoms with Crippen molar-refractivity contribution >= 4 is 32.9 Å². The van der Waals surface area contributed by atoms with Crippen molar-refractivity contribution in [2.24, 2.45) is 0 Å². The molecule has 288 valence electrons. The van der Waals surface area contributed by atoms with Crippen molar-refractivity contribution in [3.63, 3.8) is 0 Å². The number of fused-ring (bicyclic) bond motifs is 1. The van der Waals surface area contributed by atoms with Gasteiger partial charge in [0.25, 0.3) is 0 Å². The van der Waals surface area contributed by atoms with E-state index in [0.717, 1.165) is 43.4 Å². The van der Waals surface area contributed by atoms with E-state index in [1.54, 1.807) is 7.11 Å². The fraction of sp³-hybridized carbons (Fsp3) is 0.0784. The van der Waals surface area contributed by atoms with Gasteiger partial charge in [-0.1, -0.05) is 209 Å². The zero-order valence-corrected chi connectivity index (χ0v) is 33.9. The number of methoxy groups -OCH3 is 1. The van der Waals surface area contributed by atoms with Gasteiger partial charge in [0.15, 0.2) is 16.9 Å². The van der Waals surface area contributed by atoms with Gasteiger partial charge in [-0.3, -0.25) is 0 Å². The number of nitrogens with zero attached hydrogens (tertiary/aromatic N) is 4. The molecule has 0 bridgehead atoms. The highest BCUT2D eigenvalue weighted by molar-refractivity contribution is 9.10. The van der Waals surface area contributed by atoms with Crippen LogP contribution in [-0.2, 0) is 17.7 Å². The van der Waals surface area contributed by atoms with E-state index in [9.17, 15) is 0 Å². The van der Waals surface area contributed by atoms with Gasteiger partial charge in [-0.25, -0.2) is 9.67 Å². The molecule has 0 amide bonds. The third-order valence-corrected chi connectivity index (χ3v) is 11.3. The predicted molar refractivity (Wildman–Crippen MR) is 238 cm³/mol. The molecule has 0 unspecified atom stereocenters. The van der Waals surface area contributed by atoms with Crippen LogP contribution < -0.4 is 14.8 Å². The summed E-state index contributed by atoms with van der Waals surface area (Å²) in [5.74, 6) is 1.79. The summed E-state index contributed by atoms with van der Waals surface area (Å²) in [5.41, 5.74) is 6.20. The minimum absolute atomic E-state index is 0.213. The van der Waals surface area contributed by atoms with E-state index >= 15 is 0 Å². The van der Waals surface area contributed by atoms with Gasteiger partial charge in [0, 0.05) is 16.1 Å². The molecule has 2 heterocycles. The second kappa shape index (κ2) is 16.4. The smallest absolute Gasteiger partial charge is 0.185 e. The summed E-state index contributed by atoms with van der Waals surface area (Å²) < 4.78 is 15.4. The highest BCUT2D eigenvalue weighted by Crippen LogP contribution is 2.45. The number of aromatic nitrogens is 4. The molecule has 0 atom stereocenters. The summed E-state index contributed by atoms with van der Waals surface area (Å²) in [4.78, 5) is 5.52. The molecule has 7 nitrogen and oxygen atoms in total. The maximum Gasteiger partial charge on any atom is 0.185 e. The lowest BCUT2D eigenvalue weighted by atomic mass is 9.77. The summed E-state index contributed by atoms with van der Waals surface area (Å²) in [6.45, 7) is 0.213. The summed E-state index contributed by atoms with van der Waals surface area (Å²) in [5, 5.41) is 13.9. The zero-order chi connectivity index (χ0) is 40.1. The van der Waals surface area contributed by atoms with Crippen LogP contribution in [0.3, 0.4) is 0 Å². The molecule has 0 saturated heterocycles. The molecule has 59 heavy (non-hydrogen) atoms. The van der Waals surface area contributed by atoms with Crippen LogP contribution in [0.2, 0.25) is 0 Å². The zero-order valence-electron chi connectivity index (χ0n) is 32.3. The number of anilines is 1. The first kappa shape index (κ1) is 37.5. The van der Waals surface area contributed by atoms with Crippen molar-refractivity contribution < 1.29 is 9.47 Å². The largest absolute Gasteiger partial charge is 0.496 e. The number of rotatable bonds is 13.